The van der Waals surface area contributed by atoms with Crippen LogP contribution in [0.25, 0.3) is 0 Å². The van der Waals surface area contributed by atoms with E-state index < -0.39 is 0 Å². The van der Waals surface area contributed by atoms with Crippen LogP contribution in [0.5, 0.6) is 0 Å². The molecule has 3 heteroatoms. The summed E-state index contributed by atoms with van der Waals surface area (Å²) >= 11 is 0. The topological polar surface area (TPSA) is 49.5 Å². The summed E-state index contributed by atoms with van der Waals surface area (Å²) in [6, 6.07) is 0.624. The predicted molar refractivity (Wildman–Crippen MR) is 66.2 cm³/mol. The van der Waals surface area contributed by atoms with Gasteiger partial charge < -0.3 is 15.7 Å². The molecular weight excluding hydrogens is 200 g/mol. The van der Waals surface area contributed by atoms with Crippen molar-refractivity contribution in [2.45, 2.75) is 57.0 Å². The number of nitrogens with two attached hydrogens (primary N) is 1. The Balaban J connectivity index is 1.89. The second-order valence-corrected chi connectivity index (χ2v) is 5.99. The third-order valence-corrected chi connectivity index (χ3v) is 4.50. The first kappa shape index (κ1) is 12.3. The van der Waals surface area contributed by atoms with Gasteiger partial charge in [-0.1, -0.05) is 6.92 Å². The van der Waals surface area contributed by atoms with Gasteiger partial charge in [-0.05, 0) is 57.5 Å². The molecule has 1 heterocycles. The second kappa shape index (κ2) is 5.03. The van der Waals surface area contributed by atoms with E-state index in [1.807, 2.05) is 0 Å². The van der Waals surface area contributed by atoms with Crippen molar-refractivity contribution >= 4 is 0 Å². The van der Waals surface area contributed by atoms with Crippen LogP contribution in [0, 0.1) is 5.92 Å². The molecule has 0 spiro atoms. The monoisotopic (exact) mass is 226 g/mol. The van der Waals surface area contributed by atoms with E-state index in [0.29, 0.717) is 6.04 Å². The molecule has 2 aliphatic rings. The zero-order valence-electron chi connectivity index (χ0n) is 10.5. The zero-order chi connectivity index (χ0) is 11.6. The van der Waals surface area contributed by atoms with Crippen molar-refractivity contribution in [3.8, 4) is 0 Å². The Morgan fingerprint density at radius 3 is 2.62 bits per heavy atom. The van der Waals surface area contributed by atoms with Crippen LogP contribution in [-0.4, -0.2) is 41.3 Å². The Labute approximate surface area is 99.0 Å². The summed E-state index contributed by atoms with van der Waals surface area (Å²) in [6.45, 7) is 4.95. The van der Waals surface area contributed by atoms with Crippen LogP contribution in [0.2, 0.25) is 0 Å². The lowest BCUT2D eigenvalue weighted by atomic mass is 9.79. The van der Waals surface area contributed by atoms with Crippen LogP contribution in [0.1, 0.15) is 45.4 Å². The number of hydrogen-bond donors (Lipinski definition) is 2. The molecule has 0 radical (unpaired) electrons. The lowest BCUT2D eigenvalue weighted by Gasteiger charge is -2.44. The molecule has 2 unspecified atom stereocenters. The van der Waals surface area contributed by atoms with E-state index in [0.717, 1.165) is 18.8 Å². The SMILES string of the molecule is CC1CCN(C2CCCC(N)(CO)C2)CC1. The van der Waals surface area contributed by atoms with Crippen LogP contribution in [-0.2, 0) is 0 Å². The van der Waals surface area contributed by atoms with Gasteiger partial charge in [0.05, 0.1) is 6.61 Å². The molecule has 0 bridgehead atoms. The van der Waals surface area contributed by atoms with Gasteiger partial charge in [0.15, 0.2) is 0 Å². The van der Waals surface area contributed by atoms with Crippen molar-refractivity contribution in [3.63, 3.8) is 0 Å². The van der Waals surface area contributed by atoms with Crippen LogP contribution < -0.4 is 5.73 Å². The molecule has 1 saturated carbocycles. The minimum Gasteiger partial charge on any atom is -0.394 e. The smallest absolute Gasteiger partial charge is 0.0611 e. The van der Waals surface area contributed by atoms with Crippen molar-refractivity contribution in [1.82, 2.24) is 4.90 Å². The Bertz CT molecular complexity index is 226. The fourth-order valence-electron chi connectivity index (χ4n) is 3.21. The number of rotatable bonds is 2. The lowest BCUT2D eigenvalue weighted by Crippen LogP contribution is -2.54. The van der Waals surface area contributed by atoms with Crippen molar-refractivity contribution in [2.75, 3.05) is 19.7 Å². The van der Waals surface area contributed by atoms with E-state index in [2.05, 4.69) is 11.8 Å². The zero-order valence-corrected chi connectivity index (χ0v) is 10.5. The number of aliphatic hydroxyl groups excluding tert-OH is 1. The molecule has 0 aromatic rings. The molecular formula is C13H26N2O. The van der Waals surface area contributed by atoms with Gasteiger partial charge in [0.2, 0.25) is 0 Å². The summed E-state index contributed by atoms with van der Waals surface area (Å²) in [5.41, 5.74) is 5.91. The summed E-state index contributed by atoms with van der Waals surface area (Å²) < 4.78 is 0. The molecule has 1 aliphatic heterocycles. The van der Waals surface area contributed by atoms with Gasteiger partial charge >= 0.3 is 0 Å². The first-order chi connectivity index (χ1) is 7.63. The van der Waals surface area contributed by atoms with Crippen LogP contribution >= 0.6 is 0 Å². The minimum atomic E-state index is -0.300. The number of piperidine rings is 1. The molecule has 2 rings (SSSR count). The van der Waals surface area contributed by atoms with E-state index in [-0.39, 0.29) is 12.1 Å². The van der Waals surface area contributed by atoms with E-state index in [1.165, 1.54) is 38.8 Å². The second-order valence-electron chi connectivity index (χ2n) is 5.99. The lowest BCUT2D eigenvalue weighted by molar-refractivity contribution is 0.0611. The standard InChI is InChI=1S/C13H26N2O/c1-11-4-7-15(8-5-11)12-3-2-6-13(14,9-12)10-16/h11-12,16H,2-10,14H2,1H3. The highest BCUT2D eigenvalue weighted by Gasteiger charge is 2.35. The third kappa shape index (κ3) is 2.76. The predicted octanol–water partition coefficient (Wildman–Crippen LogP) is 1.35. The average molecular weight is 226 g/mol. The first-order valence-corrected chi connectivity index (χ1v) is 6.77. The molecule has 94 valence electrons. The van der Waals surface area contributed by atoms with Gasteiger partial charge in [-0.2, -0.15) is 0 Å². The summed E-state index contributed by atoms with van der Waals surface area (Å²) in [5, 5.41) is 9.36. The van der Waals surface area contributed by atoms with Gasteiger partial charge in [-0.25, -0.2) is 0 Å². The molecule has 2 atom stereocenters. The van der Waals surface area contributed by atoms with E-state index in [9.17, 15) is 5.11 Å². The van der Waals surface area contributed by atoms with Crippen molar-refractivity contribution in [1.29, 1.82) is 0 Å². The summed E-state index contributed by atoms with van der Waals surface area (Å²) in [5.74, 6) is 0.889. The Kier molecular flexibility index (Phi) is 3.88. The largest absolute Gasteiger partial charge is 0.394 e. The van der Waals surface area contributed by atoms with Gasteiger partial charge in [-0.3, -0.25) is 0 Å². The molecule has 16 heavy (non-hydrogen) atoms. The maximum absolute atomic E-state index is 9.36. The van der Waals surface area contributed by atoms with Crippen LogP contribution in [0.15, 0.2) is 0 Å². The molecule has 1 saturated heterocycles. The van der Waals surface area contributed by atoms with Gasteiger partial charge in [0.1, 0.15) is 0 Å². The third-order valence-electron chi connectivity index (χ3n) is 4.50. The van der Waals surface area contributed by atoms with Crippen LogP contribution in [0.3, 0.4) is 0 Å². The quantitative estimate of drug-likeness (QED) is 0.747. The van der Waals surface area contributed by atoms with Crippen molar-refractivity contribution in [3.05, 3.63) is 0 Å². The highest BCUT2D eigenvalue weighted by Crippen LogP contribution is 2.31. The molecule has 2 fully saturated rings. The fourth-order valence-corrected chi connectivity index (χ4v) is 3.21. The van der Waals surface area contributed by atoms with Crippen molar-refractivity contribution in [2.24, 2.45) is 11.7 Å². The highest BCUT2D eigenvalue weighted by molar-refractivity contribution is 4.94. The maximum Gasteiger partial charge on any atom is 0.0611 e. The Morgan fingerprint density at radius 2 is 2.00 bits per heavy atom. The molecule has 1 aliphatic carbocycles. The summed E-state index contributed by atoms with van der Waals surface area (Å²) in [4.78, 5) is 2.61. The Morgan fingerprint density at radius 1 is 1.31 bits per heavy atom. The number of likely N-dealkylation sites (tertiary alicyclic amines) is 1. The summed E-state index contributed by atoms with van der Waals surface area (Å²) in [7, 11) is 0. The molecule has 0 amide bonds. The van der Waals surface area contributed by atoms with Gasteiger partial charge in [0.25, 0.3) is 0 Å². The van der Waals surface area contributed by atoms with Gasteiger partial charge in [0, 0.05) is 11.6 Å². The maximum atomic E-state index is 9.36. The average Bonchev–Trinajstić information content (AvgIpc) is 2.30. The van der Waals surface area contributed by atoms with E-state index in [1.54, 1.807) is 0 Å². The highest BCUT2D eigenvalue weighted by atomic mass is 16.3. The van der Waals surface area contributed by atoms with Crippen LogP contribution in [0.4, 0.5) is 0 Å². The number of hydrogen-bond acceptors (Lipinski definition) is 3. The number of nitrogens with zero attached hydrogens (tertiary/aromatic N) is 1. The molecule has 3 nitrogen and oxygen atoms in total. The molecule has 0 aromatic carbocycles. The van der Waals surface area contributed by atoms with E-state index >= 15 is 0 Å². The fraction of sp³-hybridized carbons (Fsp3) is 1.00. The number of aliphatic hydroxyl groups is 1. The molecule has 0 aromatic heterocycles. The first-order valence-electron chi connectivity index (χ1n) is 6.77. The minimum absolute atomic E-state index is 0.147. The van der Waals surface area contributed by atoms with Gasteiger partial charge in [-0.15, -0.1) is 0 Å². The van der Waals surface area contributed by atoms with E-state index in [4.69, 9.17) is 5.73 Å². The summed E-state index contributed by atoms with van der Waals surface area (Å²) in [6.07, 6.45) is 7.07. The molecule has 3 N–H and O–H groups in total. The normalized spacial score (nSPS) is 38.8. The Hall–Kier alpha value is -0.120. The van der Waals surface area contributed by atoms with Crippen molar-refractivity contribution < 1.29 is 5.11 Å².